The molecule has 0 fully saturated rings. The van der Waals surface area contributed by atoms with Gasteiger partial charge in [-0.25, -0.2) is 0 Å². The summed E-state index contributed by atoms with van der Waals surface area (Å²) in [7, 11) is 0. The van der Waals surface area contributed by atoms with Gasteiger partial charge in [-0.2, -0.15) is 0 Å². The third-order valence-electron chi connectivity index (χ3n) is 8.93. The number of para-hydroxylation sites is 1. The highest BCUT2D eigenvalue weighted by Gasteiger charge is 2.21. The van der Waals surface area contributed by atoms with Gasteiger partial charge in [-0.3, -0.25) is 0 Å². The molecule has 9 rings (SSSR count). The number of hydrogen-bond donors (Lipinski definition) is 0. The van der Waals surface area contributed by atoms with E-state index in [1.54, 1.807) is 0 Å². The van der Waals surface area contributed by atoms with E-state index in [0.29, 0.717) is 0 Å². The van der Waals surface area contributed by atoms with Crippen molar-refractivity contribution in [2.45, 2.75) is 0 Å². The average molecular weight is 546 g/mol. The Balaban J connectivity index is 1.30. The fourth-order valence-corrected chi connectivity index (χ4v) is 7.05. The molecular formula is C42H27N. The van der Waals surface area contributed by atoms with Crippen LogP contribution in [0.25, 0.3) is 82.6 Å². The van der Waals surface area contributed by atoms with Gasteiger partial charge >= 0.3 is 0 Å². The molecular weight excluding hydrogens is 518 g/mol. The van der Waals surface area contributed by atoms with Crippen LogP contribution in [0.2, 0.25) is 0 Å². The molecule has 0 radical (unpaired) electrons. The number of hydrogen-bond acceptors (Lipinski definition) is 0. The molecule has 0 N–H and O–H groups in total. The van der Waals surface area contributed by atoms with E-state index < -0.39 is 0 Å². The smallest absolute Gasteiger partial charge is 0.0620 e. The van der Waals surface area contributed by atoms with Crippen LogP contribution in [0, 0.1) is 0 Å². The summed E-state index contributed by atoms with van der Waals surface area (Å²) in [5, 5.41) is 5.22. The normalized spacial score (nSPS) is 11.7. The molecule has 0 saturated heterocycles. The van der Waals surface area contributed by atoms with Gasteiger partial charge in [0.15, 0.2) is 0 Å². The molecule has 0 aliphatic heterocycles. The summed E-state index contributed by atoms with van der Waals surface area (Å²) in [5.74, 6) is 0. The zero-order chi connectivity index (χ0) is 28.3. The summed E-state index contributed by atoms with van der Waals surface area (Å²) >= 11 is 0. The van der Waals surface area contributed by atoms with Crippen molar-refractivity contribution >= 4 is 38.1 Å². The lowest BCUT2D eigenvalue weighted by atomic mass is 9.94. The van der Waals surface area contributed by atoms with Crippen LogP contribution < -0.4 is 0 Å². The molecule has 0 unspecified atom stereocenters. The number of benzene rings is 7. The quantitative estimate of drug-likeness (QED) is 0.207. The molecule has 200 valence electrons. The molecule has 9 aromatic rings. The Morgan fingerprint density at radius 2 is 0.698 bits per heavy atom. The van der Waals surface area contributed by atoms with E-state index in [9.17, 15) is 0 Å². The highest BCUT2D eigenvalue weighted by atomic mass is 14.9. The number of fused-ring (bicyclic) bond motifs is 6. The lowest BCUT2D eigenvalue weighted by Crippen LogP contribution is -1.86. The van der Waals surface area contributed by atoms with Crippen LogP contribution in [0.3, 0.4) is 0 Å². The zero-order valence-corrected chi connectivity index (χ0v) is 23.5. The van der Waals surface area contributed by atoms with Gasteiger partial charge in [-0.15, -0.1) is 0 Å². The van der Waals surface area contributed by atoms with Crippen molar-refractivity contribution in [3.05, 3.63) is 164 Å². The summed E-state index contributed by atoms with van der Waals surface area (Å²) in [6, 6.07) is 59.5. The highest BCUT2D eigenvalue weighted by Crippen LogP contribution is 2.45. The molecule has 0 aliphatic carbocycles. The van der Waals surface area contributed by atoms with Gasteiger partial charge in [0.05, 0.1) is 16.6 Å². The van der Waals surface area contributed by atoms with Crippen LogP contribution in [0.5, 0.6) is 0 Å². The van der Waals surface area contributed by atoms with Crippen molar-refractivity contribution < 1.29 is 0 Å². The van der Waals surface area contributed by atoms with Gasteiger partial charge in [-0.1, -0.05) is 140 Å². The van der Waals surface area contributed by atoms with Crippen LogP contribution in [0.1, 0.15) is 0 Å². The number of aromatic nitrogens is 1. The molecule has 1 nitrogen and oxygen atoms in total. The summed E-state index contributed by atoms with van der Waals surface area (Å²) in [4.78, 5) is 0. The van der Waals surface area contributed by atoms with E-state index in [0.717, 1.165) is 0 Å². The lowest BCUT2D eigenvalue weighted by molar-refractivity contribution is 1.37. The van der Waals surface area contributed by atoms with Crippen molar-refractivity contribution in [2.75, 3.05) is 0 Å². The van der Waals surface area contributed by atoms with Crippen LogP contribution in [0.4, 0.5) is 0 Å². The second-order valence-electron chi connectivity index (χ2n) is 11.3. The van der Waals surface area contributed by atoms with Gasteiger partial charge in [-0.05, 0) is 68.8 Å². The van der Waals surface area contributed by atoms with Crippen molar-refractivity contribution in [3.8, 4) is 44.5 Å². The van der Waals surface area contributed by atoms with E-state index in [1.807, 2.05) is 0 Å². The largest absolute Gasteiger partial charge is 0.308 e. The SMILES string of the molecule is c1ccc(-c2cccc(-c3cccc4c3c3cccc5c6c(-c7cccc(-c8ccccc8)c7)cccc6n4c35)c2)cc1. The minimum absolute atomic E-state index is 1.24. The maximum absolute atomic E-state index is 2.49. The summed E-state index contributed by atoms with van der Waals surface area (Å²) in [6.07, 6.45) is 0. The van der Waals surface area contributed by atoms with Gasteiger partial charge < -0.3 is 4.40 Å². The molecule has 2 aromatic heterocycles. The van der Waals surface area contributed by atoms with Gasteiger partial charge in [0, 0.05) is 21.5 Å². The van der Waals surface area contributed by atoms with Gasteiger partial charge in [0.25, 0.3) is 0 Å². The Bertz CT molecular complexity index is 2260. The first-order chi connectivity index (χ1) is 21.3. The van der Waals surface area contributed by atoms with E-state index in [2.05, 4.69) is 168 Å². The van der Waals surface area contributed by atoms with E-state index in [4.69, 9.17) is 0 Å². The Labute approximate surface area is 250 Å². The first-order valence-electron chi connectivity index (χ1n) is 14.9. The maximum atomic E-state index is 2.49. The molecule has 0 bridgehead atoms. The predicted octanol–water partition coefficient (Wildman–Crippen LogP) is 11.5. The second kappa shape index (κ2) is 9.44. The standard InChI is InChI=1S/C42H27N/c1-3-12-28(13-4-1)30-16-7-18-32(26-30)34-20-10-24-38-40(34)36-22-9-23-37-41-35(21-11-25-39(41)43(38)42(36)37)33-19-8-17-31(27-33)29-14-5-2-6-15-29/h1-27H. The zero-order valence-electron chi connectivity index (χ0n) is 23.5. The van der Waals surface area contributed by atoms with Crippen LogP contribution in [-0.2, 0) is 0 Å². The van der Waals surface area contributed by atoms with Crippen molar-refractivity contribution in [3.63, 3.8) is 0 Å². The molecule has 1 heteroatoms. The first-order valence-corrected chi connectivity index (χ1v) is 14.9. The Morgan fingerprint density at radius 1 is 0.302 bits per heavy atom. The average Bonchev–Trinajstić information content (AvgIpc) is 3.62. The van der Waals surface area contributed by atoms with Crippen LogP contribution in [-0.4, -0.2) is 4.40 Å². The molecule has 0 aliphatic rings. The molecule has 0 atom stereocenters. The third kappa shape index (κ3) is 3.65. The molecule has 0 saturated carbocycles. The Morgan fingerprint density at radius 3 is 1.19 bits per heavy atom. The van der Waals surface area contributed by atoms with Crippen LogP contribution in [0.15, 0.2) is 164 Å². The number of rotatable bonds is 4. The van der Waals surface area contributed by atoms with E-state index >= 15 is 0 Å². The predicted molar refractivity (Wildman–Crippen MR) is 183 cm³/mol. The fraction of sp³-hybridized carbons (Fsp3) is 0. The Kier molecular flexibility index (Phi) is 5.27. The molecule has 7 aromatic carbocycles. The summed E-state index contributed by atoms with van der Waals surface area (Å²) in [6.45, 7) is 0. The molecule has 2 heterocycles. The first kappa shape index (κ1) is 24.0. The molecule has 0 spiro atoms. The van der Waals surface area contributed by atoms with Gasteiger partial charge in [0.1, 0.15) is 0 Å². The fourth-order valence-electron chi connectivity index (χ4n) is 7.05. The third-order valence-corrected chi connectivity index (χ3v) is 8.93. The minimum atomic E-state index is 1.24. The summed E-state index contributed by atoms with van der Waals surface area (Å²) < 4.78 is 2.49. The molecule has 43 heavy (non-hydrogen) atoms. The second-order valence-corrected chi connectivity index (χ2v) is 11.3. The minimum Gasteiger partial charge on any atom is -0.308 e. The number of nitrogens with zero attached hydrogens (tertiary/aromatic N) is 1. The van der Waals surface area contributed by atoms with Crippen molar-refractivity contribution in [1.29, 1.82) is 0 Å². The topological polar surface area (TPSA) is 4.41 Å². The Hall–Kier alpha value is -5.66. The van der Waals surface area contributed by atoms with Gasteiger partial charge in [0.2, 0.25) is 0 Å². The van der Waals surface area contributed by atoms with Crippen molar-refractivity contribution in [2.24, 2.45) is 0 Å². The van der Waals surface area contributed by atoms with E-state index in [1.165, 1.54) is 82.6 Å². The molecule has 0 amide bonds. The maximum Gasteiger partial charge on any atom is 0.0620 e. The van der Waals surface area contributed by atoms with Crippen LogP contribution >= 0.6 is 0 Å². The summed E-state index contributed by atoms with van der Waals surface area (Å²) in [5.41, 5.74) is 13.8. The highest BCUT2D eigenvalue weighted by molar-refractivity contribution is 6.28. The lowest BCUT2D eigenvalue weighted by Gasteiger charge is -2.10. The monoisotopic (exact) mass is 545 g/mol. The van der Waals surface area contributed by atoms with Crippen molar-refractivity contribution in [1.82, 2.24) is 4.40 Å². The van der Waals surface area contributed by atoms with E-state index in [-0.39, 0.29) is 0 Å².